The quantitative estimate of drug-likeness (QED) is 0.520. The zero-order chi connectivity index (χ0) is 23.4. The number of methoxy groups -OCH3 is 2. The summed E-state index contributed by atoms with van der Waals surface area (Å²) in [5.74, 6) is 0.503. The van der Waals surface area contributed by atoms with Crippen molar-refractivity contribution in [3.8, 4) is 5.75 Å². The minimum absolute atomic E-state index is 0.0721. The molecule has 0 saturated carbocycles. The average molecular weight is 504 g/mol. The van der Waals surface area contributed by atoms with E-state index in [1.165, 1.54) is 36.7 Å². The first kappa shape index (κ1) is 24.7. The fourth-order valence-corrected chi connectivity index (χ4v) is 6.36. The molecule has 0 unspecified atom stereocenters. The van der Waals surface area contributed by atoms with Crippen molar-refractivity contribution in [1.29, 1.82) is 0 Å². The number of sulfonamides is 2. The van der Waals surface area contributed by atoms with Gasteiger partial charge in [-0.25, -0.2) is 21.6 Å². The van der Waals surface area contributed by atoms with Crippen LogP contribution >= 0.6 is 11.6 Å². The zero-order valence-electron chi connectivity index (χ0n) is 17.8. The molecule has 1 saturated heterocycles. The van der Waals surface area contributed by atoms with Crippen LogP contribution in [0.1, 0.15) is 0 Å². The van der Waals surface area contributed by atoms with Crippen LogP contribution in [-0.4, -0.2) is 74.7 Å². The van der Waals surface area contributed by atoms with E-state index in [0.29, 0.717) is 24.5 Å². The Hall–Kier alpha value is -1.89. The molecule has 0 amide bonds. The van der Waals surface area contributed by atoms with Gasteiger partial charge >= 0.3 is 0 Å². The largest absolute Gasteiger partial charge is 0.495 e. The van der Waals surface area contributed by atoms with Crippen LogP contribution in [0, 0.1) is 0 Å². The fourth-order valence-electron chi connectivity index (χ4n) is 3.41. The van der Waals surface area contributed by atoms with Gasteiger partial charge in [-0.2, -0.15) is 4.31 Å². The van der Waals surface area contributed by atoms with Gasteiger partial charge < -0.3 is 14.4 Å². The molecule has 0 radical (unpaired) electrons. The van der Waals surface area contributed by atoms with Crippen LogP contribution in [0.25, 0.3) is 0 Å². The number of rotatable bonds is 9. The van der Waals surface area contributed by atoms with Crippen molar-refractivity contribution < 1.29 is 26.3 Å². The number of nitrogens with one attached hydrogen (secondary N) is 1. The van der Waals surface area contributed by atoms with E-state index in [4.69, 9.17) is 21.1 Å². The van der Waals surface area contributed by atoms with Crippen LogP contribution in [0.15, 0.2) is 52.3 Å². The summed E-state index contributed by atoms with van der Waals surface area (Å²) in [6.45, 7) is 1.57. The van der Waals surface area contributed by atoms with Gasteiger partial charge in [0.05, 0.1) is 29.3 Å². The monoisotopic (exact) mass is 503 g/mol. The number of halogens is 1. The Kier molecular flexibility index (Phi) is 8.01. The van der Waals surface area contributed by atoms with E-state index in [1.807, 2.05) is 4.90 Å². The van der Waals surface area contributed by atoms with Gasteiger partial charge in [0, 0.05) is 39.8 Å². The van der Waals surface area contributed by atoms with Gasteiger partial charge in [0.1, 0.15) is 10.6 Å². The van der Waals surface area contributed by atoms with Crippen molar-refractivity contribution in [1.82, 2.24) is 9.03 Å². The van der Waals surface area contributed by atoms with Gasteiger partial charge in [0.2, 0.25) is 20.0 Å². The molecule has 0 atom stereocenters. The van der Waals surface area contributed by atoms with Crippen LogP contribution in [0.5, 0.6) is 5.75 Å². The molecular weight excluding hydrogens is 478 g/mol. The summed E-state index contributed by atoms with van der Waals surface area (Å²) in [6, 6.07) is 10.9. The topological polar surface area (TPSA) is 105 Å². The minimum atomic E-state index is -3.73. The zero-order valence-corrected chi connectivity index (χ0v) is 20.2. The third-order valence-electron chi connectivity index (χ3n) is 5.09. The third kappa shape index (κ3) is 5.36. The predicted octanol–water partition coefficient (Wildman–Crippen LogP) is 1.78. The Morgan fingerprint density at radius 1 is 1.00 bits per heavy atom. The maximum absolute atomic E-state index is 13.0. The smallest absolute Gasteiger partial charge is 0.244 e. The summed E-state index contributed by atoms with van der Waals surface area (Å²) in [7, 11) is -4.47. The molecule has 1 heterocycles. The van der Waals surface area contributed by atoms with Crippen molar-refractivity contribution >= 4 is 37.3 Å². The lowest BCUT2D eigenvalue weighted by atomic mass is 10.2. The first-order chi connectivity index (χ1) is 15.2. The maximum atomic E-state index is 13.0. The van der Waals surface area contributed by atoms with Gasteiger partial charge in [-0.1, -0.05) is 23.7 Å². The van der Waals surface area contributed by atoms with Gasteiger partial charge in [-0.3, -0.25) is 0 Å². The molecule has 12 heteroatoms. The summed E-state index contributed by atoms with van der Waals surface area (Å²) in [4.78, 5) is 2.07. The highest BCUT2D eigenvalue weighted by molar-refractivity contribution is 7.89. The second kappa shape index (κ2) is 10.4. The molecular formula is C20H26ClN3O6S2. The average Bonchev–Trinajstić information content (AvgIpc) is 2.79. The first-order valence-electron chi connectivity index (χ1n) is 9.87. The first-order valence-corrected chi connectivity index (χ1v) is 13.2. The van der Waals surface area contributed by atoms with Gasteiger partial charge in [0.25, 0.3) is 0 Å². The van der Waals surface area contributed by atoms with Crippen molar-refractivity contribution in [3.05, 3.63) is 47.5 Å². The van der Waals surface area contributed by atoms with E-state index in [0.717, 1.165) is 0 Å². The Morgan fingerprint density at radius 3 is 2.31 bits per heavy atom. The normalized spacial score (nSPS) is 15.7. The third-order valence-corrected chi connectivity index (χ3v) is 8.95. The van der Waals surface area contributed by atoms with Crippen molar-refractivity contribution in [2.75, 3.05) is 58.5 Å². The van der Waals surface area contributed by atoms with E-state index in [-0.39, 0.29) is 41.1 Å². The molecule has 9 nitrogen and oxygen atoms in total. The lowest BCUT2D eigenvalue weighted by molar-refractivity contribution is 0.204. The van der Waals surface area contributed by atoms with Gasteiger partial charge in [0.15, 0.2) is 0 Å². The lowest BCUT2D eigenvalue weighted by Crippen LogP contribution is -2.48. The van der Waals surface area contributed by atoms with Gasteiger partial charge in [-0.15, -0.1) is 0 Å². The van der Waals surface area contributed by atoms with E-state index < -0.39 is 20.0 Å². The standard InChI is InChI=1S/C20H26ClN3O6S2/c1-29-14-9-22-31(25,26)16-7-8-19(30-2)18(15-16)23-10-12-24(13-11-23)32(27,28)20-6-4-3-5-17(20)21/h3-8,15,22H,9-14H2,1-2H3. The van der Waals surface area contributed by atoms with E-state index in [9.17, 15) is 16.8 Å². The molecule has 3 rings (SSSR count). The molecule has 2 aromatic carbocycles. The minimum Gasteiger partial charge on any atom is -0.495 e. The fraction of sp³-hybridized carbons (Fsp3) is 0.400. The summed E-state index contributed by atoms with van der Waals surface area (Å²) in [6.07, 6.45) is 0. The summed E-state index contributed by atoms with van der Waals surface area (Å²) in [5.41, 5.74) is 0.580. The summed E-state index contributed by atoms with van der Waals surface area (Å²) >= 11 is 6.09. The molecule has 1 aliphatic rings. The van der Waals surface area contributed by atoms with Crippen LogP contribution in [-0.2, 0) is 24.8 Å². The molecule has 0 aliphatic carbocycles. The Bertz CT molecular complexity index is 1150. The van der Waals surface area contributed by atoms with Crippen molar-refractivity contribution in [2.45, 2.75) is 9.79 Å². The number of anilines is 1. The van der Waals surface area contributed by atoms with Crippen LogP contribution < -0.4 is 14.4 Å². The Balaban J connectivity index is 1.79. The second-order valence-corrected chi connectivity index (χ2v) is 11.1. The molecule has 176 valence electrons. The van der Waals surface area contributed by atoms with Crippen molar-refractivity contribution in [3.63, 3.8) is 0 Å². The predicted molar refractivity (Wildman–Crippen MR) is 122 cm³/mol. The SMILES string of the molecule is COCCNS(=O)(=O)c1ccc(OC)c(N2CCN(S(=O)(=O)c3ccccc3Cl)CC2)c1. The van der Waals surface area contributed by atoms with E-state index in [1.54, 1.807) is 24.3 Å². The molecule has 0 aromatic heterocycles. The number of ether oxygens (including phenoxy) is 2. The number of hydrogen-bond acceptors (Lipinski definition) is 7. The van der Waals surface area contributed by atoms with Crippen LogP contribution in [0.2, 0.25) is 5.02 Å². The second-order valence-electron chi connectivity index (χ2n) is 7.05. The summed E-state index contributed by atoms with van der Waals surface area (Å²) < 4.78 is 65.3. The maximum Gasteiger partial charge on any atom is 0.244 e. The van der Waals surface area contributed by atoms with Crippen molar-refractivity contribution in [2.24, 2.45) is 0 Å². The molecule has 1 aliphatic heterocycles. The number of piperazine rings is 1. The summed E-state index contributed by atoms with van der Waals surface area (Å²) in [5, 5.41) is 0.176. The molecule has 32 heavy (non-hydrogen) atoms. The highest BCUT2D eigenvalue weighted by Gasteiger charge is 2.31. The highest BCUT2D eigenvalue weighted by Crippen LogP contribution is 2.33. The Labute approximate surface area is 194 Å². The number of hydrogen-bond donors (Lipinski definition) is 1. The highest BCUT2D eigenvalue weighted by atomic mass is 35.5. The molecule has 1 fully saturated rings. The molecule has 2 aromatic rings. The van der Waals surface area contributed by atoms with E-state index in [2.05, 4.69) is 4.72 Å². The molecule has 1 N–H and O–H groups in total. The number of benzene rings is 2. The molecule has 0 spiro atoms. The van der Waals surface area contributed by atoms with Crippen LogP contribution in [0.3, 0.4) is 0 Å². The lowest BCUT2D eigenvalue weighted by Gasteiger charge is -2.36. The van der Waals surface area contributed by atoms with E-state index >= 15 is 0 Å². The molecule has 0 bridgehead atoms. The Morgan fingerprint density at radius 2 is 1.69 bits per heavy atom. The number of nitrogens with zero attached hydrogens (tertiary/aromatic N) is 2. The van der Waals surface area contributed by atoms with Gasteiger partial charge in [-0.05, 0) is 30.3 Å². The van der Waals surface area contributed by atoms with Crippen LogP contribution in [0.4, 0.5) is 5.69 Å².